The zero-order valence-corrected chi connectivity index (χ0v) is 21.2. The Morgan fingerprint density at radius 2 is 1.81 bits per heavy atom. The topological polar surface area (TPSA) is 81.2 Å². The van der Waals surface area contributed by atoms with Gasteiger partial charge in [-0.1, -0.05) is 41.7 Å². The van der Waals surface area contributed by atoms with Crippen LogP contribution in [0.25, 0.3) is 10.9 Å². The summed E-state index contributed by atoms with van der Waals surface area (Å²) < 4.78 is 5.25. The van der Waals surface area contributed by atoms with Crippen molar-refractivity contribution >= 4 is 51.0 Å². The molecule has 3 rings (SSSR count). The molecule has 0 aliphatic rings. The molecule has 3 aromatic rings. The lowest BCUT2D eigenvalue weighted by molar-refractivity contribution is -0.115. The Morgan fingerprint density at radius 1 is 1.09 bits per heavy atom. The Hall–Kier alpha value is -2.45. The number of benzene rings is 1. The first-order valence-electron chi connectivity index (χ1n) is 10.6. The Kier molecular flexibility index (Phi) is 7.56. The number of aromatic nitrogens is 2. The molecule has 2 aromatic heterocycles. The van der Waals surface area contributed by atoms with Crippen LogP contribution >= 0.6 is 23.1 Å². The number of hydrogen-bond acceptors (Lipinski definition) is 7. The first kappa shape index (κ1) is 24.2. The molecule has 170 valence electrons. The minimum absolute atomic E-state index is 0.157. The summed E-state index contributed by atoms with van der Waals surface area (Å²) in [5.74, 6) is -0.575. The van der Waals surface area contributed by atoms with Crippen LogP contribution in [0.5, 0.6) is 0 Å². The van der Waals surface area contributed by atoms with E-state index in [1.807, 2.05) is 13.0 Å². The summed E-state index contributed by atoms with van der Waals surface area (Å²) in [6.45, 7) is 13.5. The summed E-state index contributed by atoms with van der Waals surface area (Å²) >= 11 is 2.58. The molecule has 0 bridgehead atoms. The van der Waals surface area contributed by atoms with E-state index in [9.17, 15) is 9.59 Å². The molecule has 0 aliphatic heterocycles. The molecule has 0 radical (unpaired) electrons. The van der Waals surface area contributed by atoms with Gasteiger partial charge in [0.25, 0.3) is 0 Å². The number of nitrogens with one attached hydrogen (secondary N) is 1. The molecule has 2 heterocycles. The van der Waals surface area contributed by atoms with Gasteiger partial charge in [0.2, 0.25) is 5.91 Å². The molecule has 8 heteroatoms. The molecule has 6 nitrogen and oxygen atoms in total. The number of carbonyl (C=O) groups excluding carboxylic acids is 2. The fraction of sp³-hybridized carbons (Fsp3) is 0.417. The molecule has 1 atom stereocenters. The minimum atomic E-state index is -0.418. The zero-order valence-electron chi connectivity index (χ0n) is 19.5. The molecule has 0 saturated carbocycles. The van der Waals surface area contributed by atoms with Crippen LogP contribution in [0.1, 0.15) is 59.2 Å². The van der Waals surface area contributed by atoms with Crippen LogP contribution in [0.2, 0.25) is 0 Å². The van der Waals surface area contributed by atoms with Gasteiger partial charge in [0, 0.05) is 5.39 Å². The molecule has 1 unspecified atom stereocenters. The fourth-order valence-electron chi connectivity index (χ4n) is 3.44. The number of thioether (sulfide) groups is 1. The number of anilines is 1. The predicted octanol–water partition coefficient (Wildman–Crippen LogP) is 6.00. The van der Waals surface area contributed by atoms with E-state index in [0.29, 0.717) is 22.1 Å². The minimum Gasteiger partial charge on any atom is -0.459 e. The number of pyridine rings is 1. The molecule has 0 saturated heterocycles. The van der Waals surface area contributed by atoms with Gasteiger partial charge in [0.15, 0.2) is 5.13 Å². The number of amides is 1. The van der Waals surface area contributed by atoms with Gasteiger partial charge < -0.3 is 10.1 Å². The third-order valence-corrected chi connectivity index (χ3v) is 7.25. The second kappa shape index (κ2) is 10.0. The van der Waals surface area contributed by atoms with Crippen LogP contribution in [0, 0.1) is 27.7 Å². The highest BCUT2D eigenvalue weighted by Crippen LogP contribution is 2.31. The van der Waals surface area contributed by atoms with Gasteiger partial charge >= 0.3 is 5.97 Å². The average Bonchev–Trinajstić information content (AvgIpc) is 3.06. The quantitative estimate of drug-likeness (QED) is 0.336. The molecule has 0 spiro atoms. The SMILES string of the molecule is CCC(Sc1cc(C)c2cc(C)cc(C)c2n1)C(=O)Nc1nc(C)c(C(=O)OC(C)C)s1. The smallest absolute Gasteiger partial charge is 0.350 e. The van der Waals surface area contributed by atoms with E-state index in [1.54, 1.807) is 20.8 Å². The summed E-state index contributed by atoms with van der Waals surface area (Å²) in [7, 11) is 0. The van der Waals surface area contributed by atoms with E-state index in [1.165, 1.54) is 17.3 Å². The number of nitrogens with zero attached hydrogens (tertiary/aromatic N) is 2. The Morgan fingerprint density at radius 3 is 2.47 bits per heavy atom. The summed E-state index contributed by atoms with van der Waals surface area (Å²) in [5.41, 5.74) is 5.00. The van der Waals surface area contributed by atoms with E-state index in [0.717, 1.165) is 38.4 Å². The molecule has 1 aromatic carbocycles. The van der Waals surface area contributed by atoms with Crippen LogP contribution in [-0.4, -0.2) is 33.2 Å². The predicted molar refractivity (Wildman–Crippen MR) is 132 cm³/mol. The Bertz CT molecular complexity index is 1170. The highest BCUT2D eigenvalue weighted by molar-refractivity contribution is 8.00. The number of hydrogen-bond donors (Lipinski definition) is 1. The van der Waals surface area contributed by atoms with E-state index in [-0.39, 0.29) is 17.3 Å². The molecule has 0 fully saturated rings. The third kappa shape index (κ3) is 5.48. The lowest BCUT2D eigenvalue weighted by Crippen LogP contribution is -2.24. The lowest BCUT2D eigenvalue weighted by atomic mass is 10.0. The standard InChI is InChI=1S/C24H29N3O3S2/c1-8-18(22(28)27-24-25-16(7)21(32-24)23(29)30-12(2)3)31-19-11-14(5)17-10-13(4)9-15(6)20(17)26-19/h9-12,18H,8H2,1-7H3,(H,25,27,28). The second-order valence-corrected chi connectivity index (χ2v) is 10.4. The number of rotatable bonds is 7. The number of thiazole rings is 1. The first-order chi connectivity index (χ1) is 15.1. The third-order valence-electron chi connectivity index (χ3n) is 4.91. The summed E-state index contributed by atoms with van der Waals surface area (Å²) in [4.78, 5) is 34.8. The zero-order chi connectivity index (χ0) is 23.6. The number of ether oxygens (including phenoxy) is 1. The highest BCUT2D eigenvalue weighted by atomic mass is 32.2. The molecule has 0 aliphatic carbocycles. The van der Waals surface area contributed by atoms with Crippen molar-refractivity contribution in [3.05, 3.63) is 45.5 Å². The fourth-order valence-corrected chi connectivity index (χ4v) is 5.30. The van der Waals surface area contributed by atoms with Crippen molar-refractivity contribution in [2.75, 3.05) is 5.32 Å². The number of carbonyl (C=O) groups is 2. The molecule has 1 N–H and O–H groups in total. The maximum atomic E-state index is 13.0. The largest absolute Gasteiger partial charge is 0.459 e. The maximum absolute atomic E-state index is 13.0. The maximum Gasteiger partial charge on any atom is 0.350 e. The normalized spacial score (nSPS) is 12.2. The first-order valence-corrected chi connectivity index (χ1v) is 12.3. The number of esters is 1. The van der Waals surface area contributed by atoms with Crippen molar-refractivity contribution in [2.45, 2.75) is 71.3 Å². The van der Waals surface area contributed by atoms with E-state index in [2.05, 4.69) is 43.2 Å². The summed E-state index contributed by atoms with van der Waals surface area (Å²) in [5, 5.41) is 4.89. The summed E-state index contributed by atoms with van der Waals surface area (Å²) in [6.07, 6.45) is 0.419. The van der Waals surface area contributed by atoms with Gasteiger partial charge in [-0.05, 0) is 71.2 Å². The van der Waals surface area contributed by atoms with Crippen molar-refractivity contribution in [3.63, 3.8) is 0 Å². The van der Waals surface area contributed by atoms with Gasteiger partial charge in [-0.2, -0.15) is 0 Å². The lowest BCUT2D eigenvalue weighted by Gasteiger charge is -2.15. The Labute approximate surface area is 197 Å². The van der Waals surface area contributed by atoms with Gasteiger partial charge in [-0.25, -0.2) is 14.8 Å². The van der Waals surface area contributed by atoms with Crippen molar-refractivity contribution < 1.29 is 14.3 Å². The number of fused-ring (bicyclic) bond motifs is 1. The van der Waals surface area contributed by atoms with Gasteiger partial charge in [-0.3, -0.25) is 4.79 Å². The van der Waals surface area contributed by atoms with Crippen LogP contribution in [-0.2, 0) is 9.53 Å². The van der Waals surface area contributed by atoms with Gasteiger partial charge in [-0.15, -0.1) is 0 Å². The van der Waals surface area contributed by atoms with E-state index < -0.39 is 5.97 Å². The second-order valence-electron chi connectivity index (χ2n) is 8.15. The molecular formula is C24H29N3O3S2. The van der Waals surface area contributed by atoms with Crippen LogP contribution in [0.15, 0.2) is 23.2 Å². The molecule has 1 amide bonds. The van der Waals surface area contributed by atoms with Crippen molar-refractivity contribution in [3.8, 4) is 0 Å². The van der Waals surface area contributed by atoms with Gasteiger partial charge in [0.05, 0.1) is 27.6 Å². The van der Waals surface area contributed by atoms with E-state index in [4.69, 9.17) is 9.72 Å². The van der Waals surface area contributed by atoms with Gasteiger partial charge in [0.1, 0.15) is 4.88 Å². The van der Waals surface area contributed by atoms with Crippen molar-refractivity contribution in [1.82, 2.24) is 9.97 Å². The molecule has 32 heavy (non-hydrogen) atoms. The Balaban J connectivity index is 1.78. The van der Waals surface area contributed by atoms with Crippen molar-refractivity contribution in [1.29, 1.82) is 0 Å². The van der Waals surface area contributed by atoms with Crippen LogP contribution in [0.3, 0.4) is 0 Å². The monoisotopic (exact) mass is 471 g/mol. The molecular weight excluding hydrogens is 442 g/mol. The van der Waals surface area contributed by atoms with Crippen LogP contribution < -0.4 is 5.32 Å². The van der Waals surface area contributed by atoms with E-state index >= 15 is 0 Å². The van der Waals surface area contributed by atoms with Crippen molar-refractivity contribution in [2.24, 2.45) is 0 Å². The highest BCUT2D eigenvalue weighted by Gasteiger charge is 2.23. The number of aryl methyl sites for hydroxylation is 4. The summed E-state index contributed by atoms with van der Waals surface area (Å²) in [6, 6.07) is 6.31. The van der Waals surface area contributed by atoms with Crippen LogP contribution in [0.4, 0.5) is 5.13 Å². The average molecular weight is 472 g/mol.